The molecule has 4 nitrogen and oxygen atoms in total. The maximum atomic E-state index is 12.8. The molecule has 2 aromatic rings. The Kier molecular flexibility index (Phi) is 3.37. The zero-order valence-corrected chi connectivity index (χ0v) is 12.6. The highest BCUT2D eigenvalue weighted by Gasteiger charge is 2.27. The number of rotatable bonds is 2. The van der Waals surface area contributed by atoms with Gasteiger partial charge in [-0.05, 0) is 55.7 Å². The maximum absolute atomic E-state index is 12.8. The van der Waals surface area contributed by atoms with Crippen LogP contribution in [0.3, 0.4) is 0 Å². The lowest BCUT2D eigenvalue weighted by Crippen LogP contribution is -2.31. The normalized spacial score (nSPS) is 13.3. The summed E-state index contributed by atoms with van der Waals surface area (Å²) in [5.41, 5.74) is 4.88. The van der Waals surface area contributed by atoms with E-state index in [2.05, 4.69) is 43.2 Å². The van der Waals surface area contributed by atoms with Crippen LogP contribution < -0.4 is 10.2 Å². The van der Waals surface area contributed by atoms with Crippen molar-refractivity contribution in [1.82, 2.24) is 4.98 Å². The summed E-state index contributed by atoms with van der Waals surface area (Å²) in [7, 11) is 0. The van der Waals surface area contributed by atoms with Gasteiger partial charge in [-0.2, -0.15) is 0 Å². The lowest BCUT2D eigenvalue weighted by molar-refractivity contribution is 0.0988. The Morgan fingerprint density at radius 3 is 2.76 bits per heavy atom. The number of carbonyl (C=O) groups excluding carboxylic acids is 1. The van der Waals surface area contributed by atoms with Crippen molar-refractivity contribution < 1.29 is 4.79 Å². The number of carbonyl (C=O) groups is 1. The van der Waals surface area contributed by atoms with Gasteiger partial charge in [0.15, 0.2) is 0 Å². The van der Waals surface area contributed by atoms with Crippen molar-refractivity contribution in [1.29, 1.82) is 0 Å². The molecule has 0 aliphatic carbocycles. The van der Waals surface area contributed by atoms with E-state index in [0.29, 0.717) is 17.9 Å². The molecule has 1 aliphatic rings. The molecule has 4 heteroatoms. The van der Waals surface area contributed by atoms with E-state index in [1.807, 2.05) is 11.0 Å². The second kappa shape index (κ2) is 5.20. The molecule has 0 saturated carbocycles. The van der Waals surface area contributed by atoms with Crippen LogP contribution in [0.25, 0.3) is 0 Å². The fraction of sp³-hybridized carbons (Fsp3) is 0.294. The second-order valence-corrected chi connectivity index (χ2v) is 5.43. The fourth-order valence-electron chi connectivity index (χ4n) is 2.63. The molecule has 3 rings (SSSR count). The van der Waals surface area contributed by atoms with Gasteiger partial charge in [0.2, 0.25) is 0 Å². The van der Waals surface area contributed by atoms with Gasteiger partial charge in [-0.1, -0.05) is 6.92 Å². The van der Waals surface area contributed by atoms with Gasteiger partial charge in [0.05, 0.1) is 16.9 Å². The maximum Gasteiger partial charge on any atom is 0.262 e. The predicted octanol–water partition coefficient (Wildman–Crippen LogP) is 3.81. The van der Waals surface area contributed by atoms with Crippen LogP contribution in [0.1, 0.15) is 34.8 Å². The second-order valence-electron chi connectivity index (χ2n) is 5.43. The summed E-state index contributed by atoms with van der Waals surface area (Å²) < 4.78 is 0. The Balaban J connectivity index is 2.22. The summed E-state index contributed by atoms with van der Waals surface area (Å²) in [6.45, 7) is 6.93. The Morgan fingerprint density at radius 2 is 2.00 bits per heavy atom. The van der Waals surface area contributed by atoms with Gasteiger partial charge < -0.3 is 10.2 Å². The van der Waals surface area contributed by atoms with Gasteiger partial charge in [0.25, 0.3) is 5.91 Å². The summed E-state index contributed by atoms with van der Waals surface area (Å²) >= 11 is 0. The average molecular weight is 281 g/mol. The van der Waals surface area contributed by atoms with E-state index in [-0.39, 0.29) is 5.91 Å². The number of aryl methyl sites for hydroxylation is 2. The van der Waals surface area contributed by atoms with Crippen LogP contribution >= 0.6 is 0 Å². The van der Waals surface area contributed by atoms with Crippen molar-refractivity contribution in [3.05, 3.63) is 47.2 Å². The van der Waals surface area contributed by atoms with Crippen molar-refractivity contribution >= 4 is 23.1 Å². The number of hydrogen-bond acceptors (Lipinski definition) is 3. The monoisotopic (exact) mass is 281 g/mol. The van der Waals surface area contributed by atoms with E-state index >= 15 is 0 Å². The molecule has 108 valence electrons. The van der Waals surface area contributed by atoms with E-state index < -0.39 is 0 Å². The molecule has 0 bridgehead atoms. The SMILES string of the molecule is CCCN1C(=O)c2cccnc2Nc2cc(C)c(C)cc21. The van der Waals surface area contributed by atoms with E-state index in [0.717, 1.165) is 17.8 Å². The van der Waals surface area contributed by atoms with Gasteiger partial charge in [-0.25, -0.2) is 4.98 Å². The Hall–Kier alpha value is -2.36. The minimum absolute atomic E-state index is 0.00875. The lowest BCUT2D eigenvalue weighted by atomic mass is 10.1. The van der Waals surface area contributed by atoms with Crippen LogP contribution in [0.4, 0.5) is 17.2 Å². The van der Waals surface area contributed by atoms with Crippen LogP contribution in [0, 0.1) is 13.8 Å². The van der Waals surface area contributed by atoms with E-state index in [1.165, 1.54) is 11.1 Å². The van der Waals surface area contributed by atoms with Crippen molar-refractivity contribution in [2.45, 2.75) is 27.2 Å². The lowest BCUT2D eigenvalue weighted by Gasteiger charge is -2.23. The molecule has 21 heavy (non-hydrogen) atoms. The third kappa shape index (κ3) is 2.27. The number of benzene rings is 1. The molecular weight excluding hydrogens is 262 g/mol. The fourth-order valence-corrected chi connectivity index (χ4v) is 2.63. The molecule has 0 fully saturated rings. The molecule has 0 unspecified atom stereocenters. The number of nitrogens with zero attached hydrogens (tertiary/aromatic N) is 2. The Bertz CT molecular complexity index is 709. The van der Waals surface area contributed by atoms with Gasteiger partial charge in [-0.3, -0.25) is 4.79 Å². The third-order valence-electron chi connectivity index (χ3n) is 3.89. The largest absolute Gasteiger partial charge is 0.338 e. The van der Waals surface area contributed by atoms with Gasteiger partial charge in [-0.15, -0.1) is 0 Å². The first-order chi connectivity index (χ1) is 10.1. The number of nitrogens with one attached hydrogen (secondary N) is 1. The minimum atomic E-state index is 0.00875. The Morgan fingerprint density at radius 1 is 1.24 bits per heavy atom. The highest BCUT2D eigenvalue weighted by molar-refractivity contribution is 6.13. The molecule has 0 saturated heterocycles. The van der Waals surface area contributed by atoms with Crippen LogP contribution in [0.5, 0.6) is 0 Å². The first-order valence-electron chi connectivity index (χ1n) is 7.27. The molecule has 0 atom stereocenters. The summed E-state index contributed by atoms with van der Waals surface area (Å²) in [5, 5.41) is 3.32. The van der Waals surface area contributed by atoms with Gasteiger partial charge >= 0.3 is 0 Å². The molecular formula is C17H19N3O. The number of amides is 1. The van der Waals surface area contributed by atoms with Crippen LogP contribution in [-0.2, 0) is 0 Å². The molecule has 1 aromatic carbocycles. The first kappa shape index (κ1) is 13.6. The van der Waals surface area contributed by atoms with Crippen molar-refractivity contribution in [3.8, 4) is 0 Å². The molecule has 1 aromatic heterocycles. The topological polar surface area (TPSA) is 45.2 Å². The van der Waals surface area contributed by atoms with Crippen LogP contribution in [0.15, 0.2) is 30.5 Å². The molecule has 0 radical (unpaired) electrons. The number of fused-ring (bicyclic) bond motifs is 2. The van der Waals surface area contributed by atoms with Gasteiger partial charge in [0, 0.05) is 12.7 Å². The molecule has 1 N–H and O–H groups in total. The highest BCUT2D eigenvalue weighted by atomic mass is 16.2. The van der Waals surface area contributed by atoms with E-state index in [4.69, 9.17) is 0 Å². The van der Waals surface area contributed by atoms with Crippen LogP contribution in [-0.4, -0.2) is 17.4 Å². The average Bonchev–Trinajstić information content (AvgIpc) is 2.58. The molecule has 1 aliphatic heterocycles. The van der Waals surface area contributed by atoms with Crippen molar-refractivity contribution in [3.63, 3.8) is 0 Å². The number of anilines is 3. The summed E-state index contributed by atoms with van der Waals surface area (Å²) in [5.74, 6) is 0.639. The summed E-state index contributed by atoms with van der Waals surface area (Å²) in [6, 6.07) is 7.79. The van der Waals surface area contributed by atoms with E-state index in [9.17, 15) is 4.79 Å². The van der Waals surface area contributed by atoms with E-state index in [1.54, 1.807) is 12.3 Å². The molecule has 1 amide bonds. The first-order valence-corrected chi connectivity index (χ1v) is 7.27. The quantitative estimate of drug-likeness (QED) is 0.910. The number of hydrogen-bond donors (Lipinski definition) is 1. The predicted molar refractivity (Wildman–Crippen MR) is 85.4 cm³/mol. The zero-order chi connectivity index (χ0) is 15.0. The van der Waals surface area contributed by atoms with Crippen LogP contribution in [0.2, 0.25) is 0 Å². The number of aromatic nitrogens is 1. The molecule has 2 heterocycles. The number of pyridine rings is 1. The van der Waals surface area contributed by atoms with Crippen molar-refractivity contribution in [2.75, 3.05) is 16.8 Å². The highest BCUT2D eigenvalue weighted by Crippen LogP contribution is 2.36. The smallest absolute Gasteiger partial charge is 0.262 e. The summed E-state index contributed by atoms with van der Waals surface area (Å²) in [6.07, 6.45) is 2.61. The standard InChI is InChI=1S/C17H19N3O/c1-4-8-20-15-10-12(3)11(2)9-14(15)19-16-13(17(20)21)6-5-7-18-16/h5-7,9-10H,4,8H2,1-3H3,(H,18,19). The minimum Gasteiger partial charge on any atom is -0.338 e. The van der Waals surface area contributed by atoms with Gasteiger partial charge in [0.1, 0.15) is 5.82 Å². The van der Waals surface area contributed by atoms with Crippen molar-refractivity contribution in [2.24, 2.45) is 0 Å². The molecule has 0 spiro atoms. The third-order valence-corrected chi connectivity index (χ3v) is 3.89. The summed E-state index contributed by atoms with van der Waals surface area (Å²) in [4.78, 5) is 19.0. The zero-order valence-electron chi connectivity index (χ0n) is 12.6. The Labute approximate surface area is 124 Å².